The topological polar surface area (TPSA) is 173 Å². The number of hydrogen-bond donors (Lipinski definition) is 1. The van der Waals surface area contributed by atoms with Gasteiger partial charge < -0.3 is 19.8 Å². The maximum Gasteiger partial charge on any atom is 1.00 e. The van der Waals surface area contributed by atoms with Gasteiger partial charge in [0.15, 0.2) is 0 Å². The Morgan fingerprint density at radius 1 is 1.35 bits per heavy atom. The molecule has 3 heterocycles. The number of thiocarbonyl (C=S) groups is 1. The third-order valence-corrected chi connectivity index (χ3v) is 7.28. The fraction of sp³-hybridized carbons (Fsp3) is 0.538. The molecule has 21 heteroatoms. The van der Waals surface area contributed by atoms with Gasteiger partial charge in [0.05, 0.1) is 23.1 Å². The van der Waals surface area contributed by atoms with Crippen LogP contribution in [0.4, 0.5) is 13.2 Å². The Labute approximate surface area is 248 Å². The number of aromatic nitrogens is 4. The Morgan fingerprint density at radius 3 is 2.56 bits per heavy atom. The molecule has 0 saturated carbocycles. The minimum absolute atomic E-state index is 0. The van der Waals surface area contributed by atoms with Crippen molar-refractivity contribution in [1.29, 1.82) is 0 Å². The molecule has 1 amide bonds. The van der Waals surface area contributed by atoms with E-state index in [1.165, 1.54) is 0 Å². The second-order valence-electron chi connectivity index (χ2n) is 6.42. The van der Waals surface area contributed by atoms with Crippen molar-refractivity contribution in [2.75, 3.05) is 11.5 Å². The Hall–Kier alpha value is 0.0400. The summed E-state index contributed by atoms with van der Waals surface area (Å²) in [6.07, 6.45) is -5.97. The fourth-order valence-electron chi connectivity index (χ4n) is 2.87. The van der Waals surface area contributed by atoms with E-state index in [0.29, 0.717) is 0 Å². The first-order valence-electron chi connectivity index (χ1n) is 8.33. The number of carboxylic acids is 1. The van der Waals surface area contributed by atoms with E-state index in [0.717, 1.165) is 33.1 Å². The number of carbonyl (C=O) groups excluding carboxylic acids is 2. The van der Waals surface area contributed by atoms with E-state index in [2.05, 4.69) is 33.1 Å². The number of nitrogens with one attached hydrogen (secondary N) is 1. The molecule has 1 fully saturated rings. The molecule has 0 radical (unpaired) electrons. The average molecular weight is 579 g/mol. The molecule has 1 N–H and O–H groups in total. The summed E-state index contributed by atoms with van der Waals surface area (Å²) in [6, 6.07) is -1.12. The maximum atomic E-state index is 12.5. The van der Waals surface area contributed by atoms with Crippen molar-refractivity contribution >= 4 is 62.7 Å². The number of β-lactam (4-membered cyclic amide) rings is 1. The van der Waals surface area contributed by atoms with Crippen LogP contribution in [0.5, 0.6) is 0 Å². The van der Waals surface area contributed by atoms with E-state index in [4.69, 9.17) is 0 Å². The van der Waals surface area contributed by atoms with Crippen molar-refractivity contribution < 1.29 is 100.0 Å². The Morgan fingerprint density at radius 2 is 2.00 bits per heavy atom. The smallest absolute Gasteiger partial charge is 0.747 e. The van der Waals surface area contributed by atoms with Gasteiger partial charge in [-0.05, 0) is 16.0 Å². The number of aliphatic carboxylic acids is 1. The summed E-state index contributed by atoms with van der Waals surface area (Å²) >= 11 is 6.56. The summed E-state index contributed by atoms with van der Waals surface area (Å²) in [5.41, 5.74) is -0.220. The second kappa shape index (κ2) is 12.5. The van der Waals surface area contributed by atoms with Crippen LogP contribution in [0.2, 0.25) is 0 Å². The number of rotatable bonds is 8. The van der Waals surface area contributed by atoms with Crippen LogP contribution in [0.15, 0.2) is 16.4 Å². The molecule has 1 saturated heterocycles. The number of halogens is 3. The van der Waals surface area contributed by atoms with E-state index in [1.807, 2.05) is 0 Å². The fourth-order valence-corrected chi connectivity index (χ4v) is 6.08. The van der Waals surface area contributed by atoms with Crippen LogP contribution in [0.1, 0.15) is 6.42 Å². The van der Waals surface area contributed by atoms with Crippen LogP contribution in [0.25, 0.3) is 0 Å². The Bertz CT molecular complexity index is 1100. The zero-order chi connectivity index (χ0) is 23.8. The molecule has 0 bridgehead atoms. The zero-order valence-electron chi connectivity index (χ0n) is 17.4. The normalized spacial score (nSPS) is 20.0. The van der Waals surface area contributed by atoms with Crippen LogP contribution in [0, 0.1) is 0 Å². The van der Waals surface area contributed by atoms with Crippen molar-refractivity contribution in [3.05, 3.63) is 11.3 Å². The number of fused-ring (bicyclic) bond motifs is 1. The van der Waals surface area contributed by atoms with Crippen LogP contribution in [0.3, 0.4) is 0 Å². The van der Waals surface area contributed by atoms with Gasteiger partial charge in [0.2, 0.25) is 5.16 Å². The molecule has 12 nitrogen and oxygen atoms in total. The molecule has 2 atom stereocenters. The van der Waals surface area contributed by atoms with E-state index in [-0.39, 0.29) is 81.3 Å². The van der Waals surface area contributed by atoms with Gasteiger partial charge in [-0.25, -0.2) is 13.1 Å². The molecule has 1 aromatic rings. The predicted molar refractivity (Wildman–Crippen MR) is 104 cm³/mol. The van der Waals surface area contributed by atoms with Crippen LogP contribution in [-0.4, -0.2) is 84.0 Å². The molecular weight excluding hydrogens is 567 g/mol. The standard InChI is InChI=1S/C13H13F3N6O6S4.2Na/c14-13(15,16)1-6(29)17-7-9(23)22-8(11(24)25)5(2-30-10(7)22)3-31-12-18-19-20-21(12)4-32(26,27)28;;/h7,10H,1-4H2,(H,17,29)(H,24,25)(H,26,27,28);;/q;2*+1/p-2/t7?,10-;;/m1../s1. The molecule has 2 aliphatic heterocycles. The summed E-state index contributed by atoms with van der Waals surface area (Å²) in [5.74, 6) is -3.48. The van der Waals surface area contributed by atoms with E-state index >= 15 is 0 Å². The van der Waals surface area contributed by atoms with E-state index in [1.54, 1.807) is 0 Å². The summed E-state index contributed by atoms with van der Waals surface area (Å²) < 4.78 is 70.8. The number of alkyl halides is 3. The molecule has 176 valence electrons. The summed E-state index contributed by atoms with van der Waals surface area (Å²) in [6.45, 7) is 0. The van der Waals surface area contributed by atoms with Gasteiger partial charge in [-0.15, -0.1) is 16.9 Å². The maximum absolute atomic E-state index is 12.5. The molecule has 3 rings (SSSR count). The molecule has 1 aromatic heterocycles. The average Bonchev–Trinajstić information content (AvgIpc) is 3.07. The van der Waals surface area contributed by atoms with Gasteiger partial charge in [-0.1, -0.05) is 24.0 Å². The van der Waals surface area contributed by atoms with Crippen molar-refractivity contribution in [3.8, 4) is 0 Å². The van der Waals surface area contributed by atoms with Gasteiger partial charge in [0.25, 0.3) is 5.91 Å². The van der Waals surface area contributed by atoms with E-state index < -0.39 is 62.6 Å². The van der Waals surface area contributed by atoms with Crippen LogP contribution >= 0.6 is 35.7 Å². The van der Waals surface area contributed by atoms with E-state index in [9.17, 15) is 40.8 Å². The number of nitrogens with zero attached hydrogens (tertiary/aromatic N) is 5. The minimum Gasteiger partial charge on any atom is -0.747 e. The third-order valence-electron chi connectivity index (χ3n) is 4.07. The van der Waals surface area contributed by atoms with Gasteiger partial charge in [-0.3, -0.25) is 9.69 Å². The molecule has 2 aliphatic rings. The number of carbonyl (C=O) groups is 2. The molecular formula is C13H11F3N6Na2O6S4. The van der Waals surface area contributed by atoms with Crippen molar-refractivity contribution in [3.63, 3.8) is 0 Å². The van der Waals surface area contributed by atoms with Crippen molar-refractivity contribution in [2.24, 2.45) is 0 Å². The molecule has 34 heavy (non-hydrogen) atoms. The predicted octanol–water partition coefficient (Wildman–Crippen LogP) is -7.57. The third kappa shape index (κ3) is 8.02. The molecule has 1 unspecified atom stereocenters. The molecule has 0 aliphatic carbocycles. The van der Waals surface area contributed by atoms with Crippen molar-refractivity contribution in [2.45, 2.75) is 35.0 Å². The minimum atomic E-state index is -4.68. The van der Waals surface area contributed by atoms with Gasteiger partial charge in [0, 0.05) is 11.5 Å². The first kappa shape index (κ1) is 32.1. The Balaban J connectivity index is 0.00000289. The number of hydrogen-bond acceptors (Lipinski definition) is 12. The monoisotopic (exact) mass is 578 g/mol. The Kier molecular flexibility index (Phi) is 11.8. The van der Waals surface area contributed by atoms with Crippen LogP contribution < -0.4 is 69.5 Å². The number of carboxylic acid groups (broad SMARTS) is 1. The van der Waals surface area contributed by atoms with Crippen molar-refractivity contribution in [1.82, 2.24) is 30.4 Å². The summed E-state index contributed by atoms with van der Waals surface area (Å²) in [7, 11) is -4.68. The zero-order valence-corrected chi connectivity index (χ0v) is 24.7. The summed E-state index contributed by atoms with van der Waals surface area (Å²) in [4.78, 5) is 24.4. The van der Waals surface area contributed by atoms with Gasteiger partial charge in [-0.2, -0.15) is 13.2 Å². The largest absolute Gasteiger partial charge is 1.00 e. The second-order valence-corrected chi connectivity index (χ2v) is 10.3. The van der Waals surface area contributed by atoms with Gasteiger partial charge >= 0.3 is 65.3 Å². The number of tetrazole rings is 1. The number of amides is 1. The van der Waals surface area contributed by atoms with Gasteiger partial charge in [0.1, 0.15) is 27.4 Å². The first-order chi connectivity index (χ1) is 14.8. The SMILES string of the molecule is O=C([O-])C1=C(CSc2nnnn2CS(=O)(=O)[O-])CS[C@@H]2C(NC(=S)CC(F)(F)F)C(=O)N12.[Na+].[Na+]. The quantitative estimate of drug-likeness (QED) is 0.101. The molecule has 0 aromatic carbocycles. The van der Waals surface area contributed by atoms with Crippen LogP contribution in [-0.2, 0) is 25.6 Å². The summed E-state index contributed by atoms with van der Waals surface area (Å²) in [5, 5.41) is 23.3. The number of thioether (sulfide) groups is 2. The first-order valence-corrected chi connectivity index (χ1v) is 12.4. The molecule has 0 spiro atoms.